The summed E-state index contributed by atoms with van der Waals surface area (Å²) >= 11 is 0. The fraction of sp³-hybridized carbons (Fsp3) is 0.745. The summed E-state index contributed by atoms with van der Waals surface area (Å²) in [5.41, 5.74) is 0. The van der Waals surface area contributed by atoms with Gasteiger partial charge in [0.25, 0.3) is 8.32 Å². The average Bonchev–Trinajstić information content (AvgIpc) is 3.20. The predicted molar refractivity (Wildman–Crippen MR) is 245 cm³/mol. The molecule has 56 heavy (non-hydrogen) atoms. The minimum atomic E-state index is -2.76. The van der Waals surface area contributed by atoms with Gasteiger partial charge in [0, 0.05) is 13.0 Å². The van der Waals surface area contributed by atoms with Gasteiger partial charge in [-0.1, -0.05) is 256 Å². The smallest absolute Gasteiger partial charge is 0.306 e. The van der Waals surface area contributed by atoms with Crippen LogP contribution in [0.4, 0.5) is 0 Å². The normalized spacial score (nSPS) is 12.6. The summed E-state index contributed by atoms with van der Waals surface area (Å²) in [5.74, 6) is -0.121. The van der Waals surface area contributed by atoms with Gasteiger partial charge < -0.3 is 13.9 Å². The number of carbonyl (C=O) groups is 1. The lowest BCUT2D eigenvalue weighted by atomic mass is 10.0. The summed E-state index contributed by atoms with van der Waals surface area (Å²) in [6.07, 6.45) is 35.6. The van der Waals surface area contributed by atoms with Crippen LogP contribution in [0.15, 0.2) is 60.7 Å². The van der Waals surface area contributed by atoms with Crippen molar-refractivity contribution in [3.8, 4) is 0 Å². The lowest BCUT2D eigenvalue weighted by Gasteiger charge is -2.43. The van der Waals surface area contributed by atoms with Crippen LogP contribution in [0.5, 0.6) is 0 Å². The van der Waals surface area contributed by atoms with Crippen molar-refractivity contribution in [2.75, 3.05) is 19.8 Å². The molecule has 0 aromatic heterocycles. The van der Waals surface area contributed by atoms with Gasteiger partial charge in [0.05, 0.1) is 13.2 Å². The molecule has 320 valence electrons. The second-order valence-electron chi connectivity index (χ2n) is 17.7. The van der Waals surface area contributed by atoms with Crippen LogP contribution in [0.3, 0.4) is 0 Å². The van der Waals surface area contributed by atoms with E-state index in [0.717, 1.165) is 19.3 Å². The van der Waals surface area contributed by atoms with Crippen molar-refractivity contribution in [2.24, 2.45) is 0 Å². The highest BCUT2D eigenvalue weighted by molar-refractivity contribution is 6.99. The molecule has 0 aliphatic heterocycles. The minimum absolute atomic E-state index is 0.121. The molecule has 2 rings (SSSR count). The van der Waals surface area contributed by atoms with Crippen molar-refractivity contribution in [1.29, 1.82) is 0 Å². The molecule has 0 unspecified atom stereocenters. The van der Waals surface area contributed by atoms with Gasteiger partial charge in [0.2, 0.25) is 0 Å². The van der Waals surface area contributed by atoms with Crippen LogP contribution in [-0.4, -0.2) is 40.2 Å². The molecule has 0 saturated heterocycles. The van der Waals surface area contributed by atoms with Gasteiger partial charge in [-0.15, -0.1) is 0 Å². The Morgan fingerprint density at radius 2 is 0.857 bits per heavy atom. The SMILES string of the molecule is CCCCCCCCCCCCCCCCOC[C@H](CO[Si](c1ccccc1)(c1ccccc1)C(C)(C)C)OC(=O)CCCCCCCCCCCCCCC. The molecule has 0 aliphatic rings. The summed E-state index contributed by atoms with van der Waals surface area (Å²) in [5, 5.41) is 2.33. The van der Waals surface area contributed by atoms with E-state index in [1.54, 1.807) is 0 Å². The lowest BCUT2D eigenvalue weighted by Crippen LogP contribution is -2.67. The zero-order valence-corrected chi connectivity index (χ0v) is 38.4. The maximum absolute atomic E-state index is 13.3. The molecule has 2 aromatic rings. The molecule has 0 bridgehead atoms. The number of esters is 1. The molecule has 0 spiro atoms. The number of hydrogen-bond donors (Lipinski definition) is 0. The molecule has 4 nitrogen and oxygen atoms in total. The first-order valence-corrected chi connectivity index (χ1v) is 25.8. The zero-order valence-electron chi connectivity index (χ0n) is 37.4. The Labute approximate surface area is 348 Å². The van der Waals surface area contributed by atoms with Crippen molar-refractivity contribution in [2.45, 2.75) is 226 Å². The summed E-state index contributed by atoms with van der Waals surface area (Å²) in [6, 6.07) is 21.5. The van der Waals surface area contributed by atoms with E-state index in [0.29, 0.717) is 26.2 Å². The highest BCUT2D eigenvalue weighted by Gasteiger charge is 2.50. The van der Waals surface area contributed by atoms with Crippen LogP contribution in [0.25, 0.3) is 0 Å². The van der Waals surface area contributed by atoms with Crippen molar-refractivity contribution in [3.63, 3.8) is 0 Å². The quantitative estimate of drug-likeness (QED) is 0.0388. The van der Waals surface area contributed by atoms with E-state index < -0.39 is 14.4 Å². The van der Waals surface area contributed by atoms with E-state index in [2.05, 4.69) is 95.3 Å². The highest BCUT2D eigenvalue weighted by atomic mass is 28.4. The first-order valence-electron chi connectivity index (χ1n) is 23.9. The number of ether oxygens (including phenoxy) is 2. The monoisotopic (exact) mass is 793 g/mol. The Hall–Kier alpha value is -1.95. The van der Waals surface area contributed by atoms with Crippen molar-refractivity contribution >= 4 is 24.7 Å². The summed E-state index contributed by atoms with van der Waals surface area (Å²) in [4.78, 5) is 13.3. The Balaban J connectivity index is 1.84. The van der Waals surface area contributed by atoms with Crippen molar-refractivity contribution in [3.05, 3.63) is 60.7 Å². The van der Waals surface area contributed by atoms with Gasteiger partial charge in [-0.3, -0.25) is 4.79 Å². The molecule has 0 radical (unpaired) electrons. The molecule has 0 N–H and O–H groups in total. The van der Waals surface area contributed by atoms with Crippen LogP contribution in [0.1, 0.15) is 214 Å². The third-order valence-electron chi connectivity index (χ3n) is 11.6. The maximum Gasteiger partial charge on any atom is 0.306 e. The fourth-order valence-corrected chi connectivity index (χ4v) is 12.8. The lowest BCUT2D eigenvalue weighted by molar-refractivity contribution is -0.154. The molecule has 0 aliphatic carbocycles. The Kier molecular flexibility index (Phi) is 29.5. The number of carbonyl (C=O) groups excluding carboxylic acids is 1. The Bertz CT molecular complexity index is 1120. The number of hydrogen-bond acceptors (Lipinski definition) is 4. The number of unbranched alkanes of at least 4 members (excludes halogenated alkanes) is 25. The van der Waals surface area contributed by atoms with E-state index in [4.69, 9.17) is 13.9 Å². The van der Waals surface area contributed by atoms with Crippen LogP contribution < -0.4 is 10.4 Å². The molecular weight excluding hydrogens is 705 g/mol. The highest BCUT2D eigenvalue weighted by Crippen LogP contribution is 2.37. The zero-order chi connectivity index (χ0) is 40.4. The third-order valence-corrected chi connectivity index (χ3v) is 16.6. The molecule has 2 aromatic carbocycles. The standard InChI is InChI=1S/C51H88O4Si/c1-6-8-10-12-14-16-18-20-22-24-26-28-30-38-44-53-45-47(55-50(52)43-37-29-27-25-23-21-19-17-15-13-11-9-7-2)46-54-56(51(3,4)5,48-39-33-31-34-40-48)49-41-35-32-36-42-49/h31-36,39-42,47H,6-30,37-38,43-46H2,1-5H3/t47-/m1/s1. The van der Waals surface area contributed by atoms with E-state index in [-0.39, 0.29) is 11.0 Å². The maximum atomic E-state index is 13.3. The van der Waals surface area contributed by atoms with Gasteiger partial charge in [0.15, 0.2) is 0 Å². The minimum Gasteiger partial charge on any atom is -0.457 e. The molecular formula is C51H88O4Si. The Morgan fingerprint density at radius 3 is 1.23 bits per heavy atom. The predicted octanol–water partition coefficient (Wildman–Crippen LogP) is 14.5. The second-order valence-corrected chi connectivity index (χ2v) is 22.1. The third kappa shape index (κ3) is 22.3. The van der Waals surface area contributed by atoms with Gasteiger partial charge in [-0.05, 0) is 28.3 Å². The average molecular weight is 793 g/mol. The van der Waals surface area contributed by atoms with Crippen LogP contribution in [0, 0.1) is 0 Å². The van der Waals surface area contributed by atoms with Gasteiger partial charge in [0.1, 0.15) is 6.10 Å². The topological polar surface area (TPSA) is 44.8 Å². The van der Waals surface area contributed by atoms with E-state index in [1.807, 2.05) is 0 Å². The molecule has 0 heterocycles. The first-order chi connectivity index (χ1) is 27.3. The molecule has 0 fully saturated rings. The molecule has 1 atom stereocenters. The summed E-state index contributed by atoms with van der Waals surface area (Å²) in [7, 11) is -2.76. The second kappa shape index (κ2) is 32.9. The molecule has 5 heteroatoms. The largest absolute Gasteiger partial charge is 0.457 e. The van der Waals surface area contributed by atoms with E-state index >= 15 is 0 Å². The van der Waals surface area contributed by atoms with Gasteiger partial charge in [-0.2, -0.15) is 0 Å². The van der Waals surface area contributed by atoms with Crippen molar-refractivity contribution < 1.29 is 18.7 Å². The molecule has 0 amide bonds. The Morgan fingerprint density at radius 1 is 0.500 bits per heavy atom. The van der Waals surface area contributed by atoms with Gasteiger partial charge >= 0.3 is 5.97 Å². The molecule has 0 saturated carbocycles. The van der Waals surface area contributed by atoms with E-state index in [1.165, 1.54) is 164 Å². The van der Waals surface area contributed by atoms with E-state index in [9.17, 15) is 4.79 Å². The summed E-state index contributed by atoms with van der Waals surface area (Å²) < 4.78 is 19.7. The number of benzene rings is 2. The first kappa shape index (κ1) is 50.2. The summed E-state index contributed by atoms with van der Waals surface area (Å²) in [6.45, 7) is 12.9. The van der Waals surface area contributed by atoms with Gasteiger partial charge in [-0.25, -0.2) is 0 Å². The van der Waals surface area contributed by atoms with Crippen LogP contribution in [-0.2, 0) is 18.7 Å². The fourth-order valence-electron chi connectivity index (χ4n) is 8.24. The van der Waals surface area contributed by atoms with Crippen LogP contribution >= 0.6 is 0 Å². The van der Waals surface area contributed by atoms with Crippen LogP contribution in [0.2, 0.25) is 5.04 Å². The number of rotatable bonds is 37. The van der Waals surface area contributed by atoms with Crippen molar-refractivity contribution in [1.82, 2.24) is 0 Å².